The minimum Gasteiger partial charge on any atom is -0.342 e. The zero-order valence-electron chi connectivity index (χ0n) is 11.7. The van der Waals surface area contributed by atoms with E-state index < -0.39 is 0 Å². The molecular formula is C15H22N4. The molecule has 2 aromatic rings. The predicted molar refractivity (Wildman–Crippen MR) is 79.3 cm³/mol. The first-order valence-corrected chi connectivity index (χ1v) is 7.12. The number of fused-ring (bicyclic) bond motifs is 1. The zero-order chi connectivity index (χ0) is 13.4. The SMILES string of the molecule is CCC1CN(c2nc3ccccc3n2C)CCC1N. The molecule has 1 aromatic heterocycles. The van der Waals surface area contributed by atoms with Gasteiger partial charge in [0.25, 0.3) is 0 Å². The van der Waals surface area contributed by atoms with Crippen molar-refractivity contribution >= 4 is 17.0 Å². The van der Waals surface area contributed by atoms with E-state index >= 15 is 0 Å². The summed E-state index contributed by atoms with van der Waals surface area (Å²) in [7, 11) is 2.10. The minimum atomic E-state index is 0.343. The first-order chi connectivity index (χ1) is 9.20. The maximum Gasteiger partial charge on any atom is 0.206 e. The van der Waals surface area contributed by atoms with Gasteiger partial charge in [0.1, 0.15) is 0 Å². The molecule has 0 radical (unpaired) electrons. The number of hydrogen-bond donors (Lipinski definition) is 1. The standard InChI is InChI=1S/C15H22N4/c1-3-11-10-19(9-8-12(11)16)15-17-13-6-4-5-7-14(13)18(15)2/h4-7,11-12H,3,8-10,16H2,1-2H3. The summed E-state index contributed by atoms with van der Waals surface area (Å²) in [5, 5.41) is 0. The highest BCUT2D eigenvalue weighted by molar-refractivity contribution is 5.78. The molecule has 1 fully saturated rings. The van der Waals surface area contributed by atoms with Gasteiger partial charge < -0.3 is 15.2 Å². The molecule has 3 rings (SSSR count). The van der Waals surface area contributed by atoms with Gasteiger partial charge in [-0.2, -0.15) is 0 Å². The van der Waals surface area contributed by atoms with Crippen molar-refractivity contribution in [3.05, 3.63) is 24.3 Å². The number of aryl methyl sites for hydroxylation is 1. The lowest BCUT2D eigenvalue weighted by Crippen LogP contribution is -2.47. The van der Waals surface area contributed by atoms with Gasteiger partial charge in [0.15, 0.2) is 0 Å². The quantitative estimate of drug-likeness (QED) is 0.897. The number of hydrogen-bond acceptors (Lipinski definition) is 3. The van der Waals surface area contributed by atoms with Gasteiger partial charge in [0.2, 0.25) is 5.95 Å². The van der Waals surface area contributed by atoms with Gasteiger partial charge in [-0.3, -0.25) is 0 Å². The molecular weight excluding hydrogens is 236 g/mol. The van der Waals surface area contributed by atoms with Crippen LogP contribution in [0.4, 0.5) is 5.95 Å². The number of nitrogens with zero attached hydrogens (tertiary/aromatic N) is 3. The third-order valence-corrected chi connectivity index (χ3v) is 4.36. The van der Waals surface area contributed by atoms with Crippen LogP contribution in [0.25, 0.3) is 11.0 Å². The Morgan fingerprint density at radius 3 is 2.89 bits per heavy atom. The van der Waals surface area contributed by atoms with Gasteiger partial charge >= 0.3 is 0 Å². The van der Waals surface area contributed by atoms with Crippen LogP contribution in [0.5, 0.6) is 0 Å². The molecule has 4 heteroatoms. The van der Waals surface area contributed by atoms with E-state index in [0.717, 1.165) is 37.4 Å². The molecule has 102 valence electrons. The number of anilines is 1. The van der Waals surface area contributed by atoms with Crippen LogP contribution in [-0.4, -0.2) is 28.7 Å². The van der Waals surface area contributed by atoms with E-state index in [0.29, 0.717) is 12.0 Å². The van der Waals surface area contributed by atoms with Gasteiger partial charge in [-0.1, -0.05) is 25.5 Å². The fraction of sp³-hybridized carbons (Fsp3) is 0.533. The minimum absolute atomic E-state index is 0.343. The smallest absolute Gasteiger partial charge is 0.206 e. The van der Waals surface area contributed by atoms with Gasteiger partial charge in [0, 0.05) is 26.2 Å². The van der Waals surface area contributed by atoms with E-state index in [9.17, 15) is 0 Å². The third-order valence-electron chi connectivity index (χ3n) is 4.36. The summed E-state index contributed by atoms with van der Waals surface area (Å²) < 4.78 is 2.19. The van der Waals surface area contributed by atoms with Crippen LogP contribution in [0.3, 0.4) is 0 Å². The molecule has 0 aliphatic carbocycles. The highest BCUT2D eigenvalue weighted by Crippen LogP contribution is 2.26. The Balaban J connectivity index is 1.94. The van der Waals surface area contributed by atoms with Gasteiger partial charge in [-0.25, -0.2) is 4.98 Å². The van der Waals surface area contributed by atoms with E-state index in [1.807, 2.05) is 6.07 Å². The van der Waals surface area contributed by atoms with Crippen LogP contribution in [0.15, 0.2) is 24.3 Å². The number of rotatable bonds is 2. The molecule has 0 saturated carbocycles. The number of imidazole rings is 1. The average molecular weight is 258 g/mol. The largest absolute Gasteiger partial charge is 0.342 e. The lowest BCUT2D eigenvalue weighted by atomic mass is 9.91. The second-order valence-corrected chi connectivity index (χ2v) is 5.53. The molecule has 2 atom stereocenters. The Morgan fingerprint density at radius 2 is 2.16 bits per heavy atom. The number of para-hydroxylation sites is 2. The highest BCUT2D eigenvalue weighted by atomic mass is 15.3. The molecule has 2 unspecified atom stereocenters. The van der Waals surface area contributed by atoms with Crippen LogP contribution in [0.1, 0.15) is 19.8 Å². The van der Waals surface area contributed by atoms with E-state index in [-0.39, 0.29) is 0 Å². The Morgan fingerprint density at radius 1 is 1.37 bits per heavy atom. The number of piperidine rings is 1. The van der Waals surface area contributed by atoms with Crippen LogP contribution >= 0.6 is 0 Å². The van der Waals surface area contributed by atoms with Crippen LogP contribution in [0.2, 0.25) is 0 Å². The summed E-state index contributed by atoms with van der Waals surface area (Å²) >= 11 is 0. The van der Waals surface area contributed by atoms with Crippen LogP contribution in [0, 0.1) is 5.92 Å². The summed E-state index contributed by atoms with van der Waals surface area (Å²) in [6.07, 6.45) is 2.20. The van der Waals surface area contributed by atoms with Crippen LogP contribution < -0.4 is 10.6 Å². The summed E-state index contributed by atoms with van der Waals surface area (Å²) in [6.45, 7) is 4.26. The molecule has 2 heterocycles. The van der Waals surface area contributed by atoms with Crippen molar-refractivity contribution in [3.63, 3.8) is 0 Å². The molecule has 4 nitrogen and oxygen atoms in total. The topological polar surface area (TPSA) is 47.1 Å². The van der Waals surface area contributed by atoms with Crippen molar-refractivity contribution in [3.8, 4) is 0 Å². The van der Waals surface area contributed by atoms with Crippen LogP contribution in [-0.2, 0) is 7.05 Å². The van der Waals surface area contributed by atoms with Crippen molar-refractivity contribution in [2.75, 3.05) is 18.0 Å². The molecule has 0 spiro atoms. The summed E-state index contributed by atoms with van der Waals surface area (Å²) in [5.74, 6) is 1.65. The molecule has 1 aliphatic rings. The van der Waals surface area contributed by atoms with Gasteiger partial charge in [0.05, 0.1) is 11.0 Å². The van der Waals surface area contributed by atoms with E-state index in [1.165, 1.54) is 5.52 Å². The fourth-order valence-electron chi connectivity index (χ4n) is 3.08. The van der Waals surface area contributed by atoms with Gasteiger partial charge in [-0.15, -0.1) is 0 Å². The summed E-state index contributed by atoms with van der Waals surface area (Å²) in [4.78, 5) is 7.16. The van der Waals surface area contributed by atoms with E-state index in [2.05, 4.69) is 41.6 Å². The molecule has 0 amide bonds. The Labute approximate surface area is 114 Å². The fourth-order valence-corrected chi connectivity index (χ4v) is 3.08. The second-order valence-electron chi connectivity index (χ2n) is 5.53. The molecule has 2 N–H and O–H groups in total. The molecule has 1 aromatic carbocycles. The maximum atomic E-state index is 6.19. The molecule has 1 aliphatic heterocycles. The van der Waals surface area contributed by atoms with Gasteiger partial charge in [-0.05, 0) is 24.5 Å². The highest BCUT2D eigenvalue weighted by Gasteiger charge is 2.27. The number of nitrogens with two attached hydrogens (primary N) is 1. The Kier molecular flexibility index (Phi) is 3.19. The third kappa shape index (κ3) is 2.10. The molecule has 19 heavy (non-hydrogen) atoms. The van der Waals surface area contributed by atoms with E-state index in [1.54, 1.807) is 0 Å². The Bertz CT molecular complexity index is 575. The predicted octanol–water partition coefficient (Wildman–Crippen LogP) is 2.14. The summed E-state index contributed by atoms with van der Waals surface area (Å²) in [6, 6.07) is 8.65. The zero-order valence-corrected chi connectivity index (χ0v) is 11.7. The molecule has 0 bridgehead atoms. The number of aromatic nitrogens is 2. The van der Waals surface area contributed by atoms with Crippen molar-refractivity contribution in [1.82, 2.24) is 9.55 Å². The monoisotopic (exact) mass is 258 g/mol. The van der Waals surface area contributed by atoms with Crippen molar-refractivity contribution in [2.45, 2.75) is 25.8 Å². The average Bonchev–Trinajstić information content (AvgIpc) is 2.77. The lowest BCUT2D eigenvalue weighted by Gasteiger charge is -2.37. The van der Waals surface area contributed by atoms with Crippen molar-refractivity contribution < 1.29 is 0 Å². The number of benzene rings is 1. The second kappa shape index (κ2) is 4.85. The first kappa shape index (κ1) is 12.5. The summed E-state index contributed by atoms with van der Waals surface area (Å²) in [5.41, 5.74) is 8.46. The van der Waals surface area contributed by atoms with Crippen molar-refractivity contribution in [2.24, 2.45) is 18.7 Å². The molecule has 1 saturated heterocycles. The maximum absolute atomic E-state index is 6.19. The first-order valence-electron chi connectivity index (χ1n) is 7.12. The normalized spacial score (nSPS) is 24.1. The van der Waals surface area contributed by atoms with E-state index in [4.69, 9.17) is 10.7 Å². The Hall–Kier alpha value is -1.55. The lowest BCUT2D eigenvalue weighted by molar-refractivity contribution is 0.344. The van der Waals surface area contributed by atoms with Crippen molar-refractivity contribution in [1.29, 1.82) is 0 Å².